The third-order valence-corrected chi connectivity index (χ3v) is 10.6. The number of halogens is 3. The molecule has 0 saturated carbocycles. The molecule has 1 atom stereocenters. The number of methoxy groups -OCH3 is 1. The summed E-state index contributed by atoms with van der Waals surface area (Å²) < 4.78 is 47.2. The maximum absolute atomic E-state index is 13.7. The van der Waals surface area contributed by atoms with Crippen LogP contribution in [0.5, 0.6) is 5.75 Å². The SMILES string of the molecule is CCC1C[Si]1(C)C.CCc1ccc(Cc2cnn(Cc3ccc(OC)cc3)c2C(F)(F)F)cc1. The molecule has 4 rings (SSSR count). The standard InChI is InChI=1S/C21H21F3N2O.C6H14Si/c1-3-15-4-6-16(7-5-15)12-18-13-25-26(20(18)21(22,23)24)14-17-8-10-19(27-2)11-9-17;1-4-6-5-7(6,2)3/h4-11,13H,3,12,14H2,1-2H3;6H,4-5H2,1-3H3. The molecule has 1 aliphatic heterocycles. The van der Waals surface area contributed by atoms with E-state index in [2.05, 4.69) is 25.1 Å². The quantitative estimate of drug-likeness (QED) is 0.320. The normalized spacial score (nSPS) is 16.5. The zero-order valence-electron chi connectivity index (χ0n) is 20.7. The van der Waals surface area contributed by atoms with Gasteiger partial charge in [0, 0.05) is 12.0 Å². The number of benzene rings is 2. The van der Waals surface area contributed by atoms with E-state index in [9.17, 15) is 13.2 Å². The Hall–Kier alpha value is -2.54. The number of nitrogens with zero attached hydrogens (tertiary/aromatic N) is 2. The van der Waals surface area contributed by atoms with Gasteiger partial charge in [-0.05, 0) is 40.8 Å². The molecule has 0 bridgehead atoms. The van der Waals surface area contributed by atoms with Crippen molar-refractivity contribution in [2.24, 2.45) is 0 Å². The average Bonchev–Trinajstić information content (AvgIpc) is 3.24. The van der Waals surface area contributed by atoms with Crippen molar-refractivity contribution in [3.8, 4) is 5.75 Å². The second-order valence-corrected chi connectivity index (χ2v) is 14.9. The summed E-state index contributed by atoms with van der Waals surface area (Å²) in [5.74, 6) is 0.659. The minimum atomic E-state index is -4.47. The van der Waals surface area contributed by atoms with Gasteiger partial charge in [0.15, 0.2) is 0 Å². The van der Waals surface area contributed by atoms with Gasteiger partial charge in [0.1, 0.15) is 11.4 Å². The van der Waals surface area contributed by atoms with Crippen LogP contribution in [0.25, 0.3) is 0 Å². The van der Waals surface area contributed by atoms with Crippen LogP contribution < -0.4 is 4.74 Å². The van der Waals surface area contributed by atoms with Crippen molar-refractivity contribution in [2.45, 2.75) is 70.5 Å². The molecule has 1 aliphatic rings. The Kier molecular flexibility index (Phi) is 8.28. The van der Waals surface area contributed by atoms with Crippen molar-refractivity contribution in [1.29, 1.82) is 0 Å². The van der Waals surface area contributed by atoms with E-state index < -0.39 is 19.9 Å². The van der Waals surface area contributed by atoms with Crippen LogP contribution in [-0.4, -0.2) is 25.0 Å². The van der Waals surface area contributed by atoms with Gasteiger partial charge >= 0.3 is 6.18 Å². The number of alkyl halides is 3. The van der Waals surface area contributed by atoms with Crippen LogP contribution in [0.4, 0.5) is 13.2 Å². The maximum Gasteiger partial charge on any atom is 0.433 e. The minimum Gasteiger partial charge on any atom is -0.497 e. The maximum atomic E-state index is 13.7. The first-order valence-corrected chi connectivity index (χ1v) is 15.2. The van der Waals surface area contributed by atoms with Gasteiger partial charge in [-0.2, -0.15) is 18.3 Å². The molecule has 2 heterocycles. The number of rotatable bonds is 7. The Morgan fingerprint density at radius 3 is 1.97 bits per heavy atom. The molecule has 184 valence electrons. The Bertz CT molecular complexity index is 990. The van der Waals surface area contributed by atoms with Gasteiger partial charge in [-0.25, -0.2) is 0 Å². The number of aromatic nitrogens is 2. The van der Waals surface area contributed by atoms with Crippen LogP contribution in [0.15, 0.2) is 54.7 Å². The van der Waals surface area contributed by atoms with Gasteiger partial charge in [-0.15, -0.1) is 0 Å². The summed E-state index contributed by atoms with van der Waals surface area (Å²) >= 11 is 0. The summed E-state index contributed by atoms with van der Waals surface area (Å²) in [4.78, 5) is 0. The molecule has 0 radical (unpaired) electrons. The van der Waals surface area contributed by atoms with Crippen LogP contribution in [0, 0.1) is 0 Å². The monoisotopic (exact) mass is 488 g/mol. The second-order valence-electron chi connectivity index (χ2n) is 9.67. The van der Waals surface area contributed by atoms with Crippen LogP contribution in [0.3, 0.4) is 0 Å². The predicted octanol–water partition coefficient (Wildman–Crippen LogP) is 7.60. The van der Waals surface area contributed by atoms with Gasteiger partial charge in [-0.1, -0.05) is 75.8 Å². The molecule has 2 aromatic carbocycles. The Morgan fingerprint density at radius 2 is 1.53 bits per heavy atom. The van der Waals surface area contributed by atoms with Crippen LogP contribution in [0.2, 0.25) is 24.7 Å². The Morgan fingerprint density at radius 1 is 0.971 bits per heavy atom. The summed E-state index contributed by atoms with van der Waals surface area (Å²) in [5.41, 5.74) is 3.39. The first kappa shape index (κ1) is 26.1. The second kappa shape index (κ2) is 10.8. The molecule has 0 aliphatic carbocycles. The summed E-state index contributed by atoms with van der Waals surface area (Å²) in [6.45, 7) is 9.38. The number of hydrogen-bond acceptors (Lipinski definition) is 2. The van der Waals surface area contributed by atoms with Crippen molar-refractivity contribution in [3.63, 3.8) is 0 Å². The summed E-state index contributed by atoms with van der Waals surface area (Å²) in [5, 5.41) is 4.02. The summed E-state index contributed by atoms with van der Waals surface area (Å²) in [6, 6.07) is 16.2. The van der Waals surface area contributed by atoms with Gasteiger partial charge in [0.25, 0.3) is 0 Å². The molecule has 1 aromatic heterocycles. The molecule has 0 amide bonds. The first-order chi connectivity index (χ1) is 16.1. The average molecular weight is 489 g/mol. The highest BCUT2D eigenvalue weighted by Crippen LogP contribution is 2.50. The van der Waals surface area contributed by atoms with Crippen LogP contribution >= 0.6 is 0 Å². The third-order valence-electron chi connectivity index (χ3n) is 6.71. The van der Waals surface area contributed by atoms with Crippen molar-refractivity contribution in [2.75, 3.05) is 7.11 Å². The first-order valence-electron chi connectivity index (χ1n) is 11.9. The lowest BCUT2D eigenvalue weighted by Crippen LogP contribution is -2.17. The molecule has 0 spiro atoms. The fourth-order valence-electron chi connectivity index (χ4n) is 4.29. The highest BCUT2D eigenvalue weighted by Gasteiger charge is 2.45. The lowest BCUT2D eigenvalue weighted by Gasteiger charge is -2.13. The smallest absolute Gasteiger partial charge is 0.433 e. The molecule has 0 N–H and O–H groups in total. The van der Waals surface area contributed by atoms with Crippen LogP contribution in [-0.2, 0) is 25.6 Å². The van der Waals surface area contributed by atoms with Gasteiger partial charge in [0.2, 0.25) is 0 Å². The van der Waals surface area contributed by atoms with Gasteiger partial charge in [-0.3, -0.25) is 4.68 Å². The highest BCUT2D eigenvalue weighted by molar-refractivity contribution is 6.88. The molecule has 3 nitrogen and oxygen atoms in total. The van der Waals surface area contributed by atoms with E-state index in [1.54, 1.807) is 37.4 Å². The van der Waals surface area contributed by atoms with E-state index in [0.29, 0.717) is 5.75 Å². The topological polar surface area (TPSA) is 27.1 Å². The molecular weight excluding hydrogens is 453 g/mol. The number of hydrogen-bond donors (Lipinski definition) is 0. The third kappa shape index (κ3) is 6.75. The molecule has 3 aromatic rings. The zero-order valence-corrected chi connectivity index (χ0v) is 21.7. The lowest BCUT2D eigenvalue weighted by molar-refractivity contribution is -0.144. The minimum absolute atomic E-state index is 0.0492. The van der Waals surface area contributed by atoms with Crippen molar-refractivity contribution in [3.05, 3.63) is 82.7 Å². The fraction of sp³-hybridized carbons (Fsp3) is 0.444. The number of aryl methyl sites for hydroxylation is 1. The van der Waals surface area contributed by atoms with Crippen molar-refractivity contribution < 1.29 is 17.9 Å². The summed E-state index contributed by atoms with van der Waals surface area (Å²) in [7, 11) is 1.05. The molecule has 34 heavy (non-hydrogen) atoms. The van der Waals surface area contributed by atoms with E-state index in [0.717, 1.165) is 27.8 Å². The van der Waals surface area contributed by atoms with Crippen LogP contribution in [0.1, 0.15) is 48.2 Å². The molecular formula is C27H35F3N2OSi. The lowest BCUT2D eigenvalue weighted by atomic mass is 10.0. The molecule has 1 fully saturated rings. The summed E-state index contributed by atoms with van der Waals surface area (Å²) in [6.07, 6.45) is -0.615. The van der Waals surface area contributed by atoms with E-state index in [4.69, 9.17) is 4.74 Å². The fourth-order valence-corrected chi connectivity index (χ4v) is 8.06. The Balaban J connectivity index is 0.000000396. The molecule has 7 heteroatoms. The Labute approximate surface area is 202 Å². The van der Waals surface area contributed by atoms with E-state index in [1.165, 1.54) is 18.2 Å². The number of ether oxygens (including phenoxy) is 1. The predicted molar refractivity (Wildman–Crippen MR) is 134 cm³/mol. The van der Waals surface area contributed by atoms with E-state index in [1.807, 2.05) is 31.2 Å². The van der Waals surface area contributed by atoms with E-state index in [-0.39, 0.29) is 18.5 Å². The zero-order chi connectivity index (χ0) is 24.9. The van der Waals surface area contributed by atoms with Gasteiger partial charge < -0.3 is 4.74 Å². The molecule has 1 unspecified atom stereocenters. The van der Waals surface area contributed by atoms with Gasteiger partial charge in [0.05, 0.1) is 27.9 Å². The molecule has 1 saturated heterocycles. The van der Waals surface area contributed by atoms with Crippen molar-refractivity contribution >= 4 is 8.07 Å². The largest absolute Gasteiger partial charge is 0.497 e. The highest BCUT2D eigenvalue weighted by atomic mass is 28.3. The van der Waals surface area contributed by atoms with E-state index >= 15 is 0 Å². The van der Waals surface area contributed by atoms with Crippen molar-refractivity contribution in [1.82, 2.24) is 9.78 Å².